The van der Waals surface area contributed by atoms with Gasteiger partial charge in [-0.3, -0.25) is 14.4 Å². The summed E-state index contributed by atoms with van der Waals surface area (Å²) in [5.74, 6) is 0.293. The van der Waals surface area contributed by atoms with E-state index >= 15 is 0 Å². The molecule has 23 heavy (non-hydrogen) atoms. The minimum atomic E-state index is -2.97. The molecule has 3 heterocycles. The molecule has 1 aromatic heterocycles. The SMILES string of the molecule is CN(C(=O)CN1CCC[C@@H]1c1cnn(C)c1)[C@@H]1CCS(=O)(=O)C1. The van der Waals surface area contributed by atoms with E-state index in [9.17, 15) is 13.2 Å². The summed E-state index contributed by atoms with van der Waals surface area (Å²) < 4.78 is 25.0. The number of aromatic nitrogens is 2. The van der Waals surface area contributed by atoms with Gasteiger partial charge in [-0.15, -0.1) is 0 Å². The van der Waals surface area contributed by atoms with Crippen molar-refractivity contribution >= 4 is 15.7 Å². The number of carbonyl (C=O) groups is 1. The van der Waals surface area contributed by atoms with Gasteiger partial charge in [0.15, 0.2) is 9.84 Å². The van der Waals surface area contributed by atoms with Crippen molar-refractivity contribution in [1.29, 1.82) is 0 Å². The topological polar surface area (TPSA) is 75.5 Å². The van der Waals surface area contributed by atoms with Crippen molar-refractivity contribution in [1.82, 2.24) is 19.6 Å². The van der Waals surface area contributed by atoms with Crippen LogP contribution < -0.4 is 0 Å². The predicted molar refractivity (Wildman–Crippen MR) is 86.6 cm³/mol. The van der Waals surface area contributed by atoms with Gasteiger partial charge < -0.3 is 4.90 Å². The molecule has 2 aliphatic rings. The monoisotopic (exact) mass is 340 g/mol. The summed E-state index contributed by atoms with van der Waals surface area (Å²) in [4.78, 5) is 16.4. The Morgan fingerprint density at radius 2 is 2.22 bits per heavy atom. The third-order valence-corrected chi connectivity index (χ3v) is 6.71. The number of nitrogens with zero attached hydrogens (tertiary/aromatic N) is 4. The lowest BCUT2D eigenvalue weighted by Gasteiger charge is -2.28. The Hall–Kier alpha value is -1.41. The number of likely N-dealkylation sites (tertiary alicyclic amines) is 1. The molecule has 8 heteroatoms. The van der Waals surface area contributed by atoms with Crippen LogP contribution in [0.5, 0.6) is 0 Å². The van der Waals surface area contributed by atoms with Crippen LogP contribution in [-0.4, -0.2) is 71.6 Å². The van der Waals surface area contributed by atoms with Crippen LogP contribution in [0.1, 0.15) is 30.9 Å². The van der Waals surface area contributed by atoms with Gasteiger partial charge in [0.2, 0.25) is 5.91 Å². The lowest BCUT2D eigenvalue weighted by Crippen LogP contribution is -2.43. The van der Waals surface area contributed by atoms with Crippen LogP contribution in [0.2, 0.25) is 0 Å². The molecule has 128 valence electrons. The Labute approximate surface area is 137 Å². The first-order valence-electron chi connectivity index (χ1n) is 8.04. The summed E-state index contributed by atoms with van der Waals surface area (Å²) in [6.45, 7) is 1.23. The zero-order valence-corrected chi connectivity index (χ0v) is 14.5. The van der Waals surface area contributed by atoms with Crippen LogP contribution in [0.15, 0.2) is 12.4 Å². The highest BCUT2D eigenvalue weighted by Crippen LogP contribution is 2.31. The second kappa shape index (κ2) is 6.24. The highest BCUT2D eigenvalue weighted by atomic mass is 32.2. The van der Waals surface area contributed by atoms with Gasteiger partial charge >= 0.3 is 0 Å². The molecule has 2 atom stereocenters. The molecule has 1 aromatic rings. The Kier molecular flexibility index (Phi) is 4.46. The Bertz CT molecular complexity index is 685. The highest BCUT2D eigenvalue weighted by molar-refractivity contribution is 7.91. The number of carbonyl (C=O) groups excluding carboxylic acids is 1. The number of sulfone groups is 1. The van der Waals surface area contributed by atoms with Crippen LogP contribution in [0.3, 0.4) is 0 Å². The van der Waals surface area contributed by atoms with E-state index in [4.69, 9.17) is 0 Å². The van der Waals surface area contributed by atoms with Gasteiger partial charge in [-0.25, -0.2) is 8.42 Å². The molecule has 0 aromatic carbocycles. The van der Waals surface area contributed by atoms with Crippen LogP contribution in [0.25, 0.3) is 0 Å². The fourth-order valence-corrected chi connectivity index (χ4v) is 5.35. The number of likely N-dealkylation sites (N-methyl/N-ethyl adjacent to an activating group) is 1. The molecular formula is C15H24N4O3S. The van der Waals surface area contributed by atoms with Crippen molar-refractivity contribution in [3.63, 3.8) is 0 Å². The van der Waals surface area contributed by atoms with Crippen LogP contribution >= 0.6 is 0 Å². The fourth-order valence-electron chi connectivity index (χ4n) is 3.57. The first-order chi connectivity index (χ1) is 10.9. The molecule has 7 nitrogen and oxygen atoms in total. The van der Waals surface area contributed by atoms with Gasteiger partial charge in [-0.1, -0.05) is 0 Å². The Morgan fingerprint density at radius 3 is 2.83 bits per heavy atom. The largest absolute Gasteiger partial charge is 0.341 e. The molecule has 2 aliphatic heterocycles. The van der Waals surface area contributed by atoms with Gasteiger partial charge in [0.1, 0.15) is 0 Å². The van der Waals surface area contributed by atoms with Crippen molar-refractivity contribution in [3.8, 4) is 0 Å². The van der Waals surface area contributed by atoms with E-state index in [1.165, 1.54) is 0 Å². The normalized spacial score (nSPS) is 27.4. The maximum absolute atomic E-state index is 12.5. The maximum atomic E-state index is 12.5. The Morgan fingerprint density at radius 1 is 1.43 bits per heavy atom. The first kappa shape index (κ1) is 16.4. The van der Waals surface area contributed by atoms with Crippen LogP contribution in [0.4, 0.5) is 0 Å². The Balaban J connectivity index is 1.62. The average molecular weight is 340 g/mol. The molecule has 3 rings (SSSR count). The number of rotatable bonds is 4. The third-order valence-electron chi connectivity index (χ3n) is 4.96. The lowest BCUT2D eigenvalue weighted by atomic mass is 10.1. The molecule has 0 saturated carbocycles. The van der Waals surface area contributed by atoms with Crippen molar-refractivity contribution in [2.45, 2.75) is 31.3 Å². The smallest absolute Gasteiger partial charge is 0.236 e. The highest BCUT2D eigenvalue weighted by Gasteiger charge is 2.35. The molecular weight excluding hydrogens is 316 g/mol. The van der Waals surface area contributed by atoms with E-state index in [1.54, 1.807) is 16.6 Å². The van der Waals surface area contributed by atoms with E-state index in [2.05, 4.69) is 10.00 Å². The number of aryl methyl sites for hydroxylation is 1. The van der Waals surface area contributed by atoms with Gasteiger partial charge in [-0.05, 0) is 25.8 Å². The summed E-state index contributed by atoms with van der Waals surface area (Å²) >= 11 is 0. The van der Waals surface area contributed by atoms with Crippen LogP contribution in [0, 0.1) is 0 Å². The number of hydrogen-bond acceptors (Lipinski definition) is 5. The van der Waals surface area contributed by atoms with Gasteiger partial charge in [0.25, 0.3) is 0 Å². The number of amides is 1. The van der Waals surface area contributed by atoms with Gasteiger partial charge in [0, 0.05) is 37.9 Å². The average Bonchev–Trinajstić information content (AvgIpc) is 3.18. The van der Waals surface area contributed by atoms with Crippen molar-refractivity contribution in [2.24, 2.45) is 7.05 Å². The summed E-state index contributed by atoms with van der Waals surface area (Å²) in [6.07, 6.45) is 6.51. The minimum absolute atomic E-state index is 0.00268. The number of hydrogen-bond donors (Lipinski definition) is 0. The summed E-state index contributed by atoms with van der Waals surface area (Å²) in [7, 11) is 0.646. The molecule has 0 radical (unpaired) electrons. The van der Waals surface area contributed by atoms with Crippen LogP contribution in [-0.2, 0) is 21.7 Å². The van der Waals surface area contributed by atoms with Gasteiger partial charge in [0.05, 0.1) is 24.2 Å². The zero-order valence-electron chi connectivity index (χ0n) is 13.7. The summed E-state index contributed by atoms with van der Waals surface area (Å²) in [5.41, 5.74) is 1.14. The van der Waals surface area contributed by atoms with E-state index < -0.39 is 9.84 Å². The first-order valence-corrected chi connectivity index (χ1v) is 9.86. The van der Waals surface area contributed by atoms with Crippen molar-refractivity contribution < 1.29 is 13.2 Å². The molecule has 2 fully saturated rings. The molecule has 2 saturated heterocycles. The molecule has 0 bridgehead atoms. The minimum Gasteiger partial charge on any atom is -0.341 e. The van der Waals surface area contributed by atoms with Crippen molar-refractivity contribution in [3.05, 3.63) is 18.0 Å². The molecule has 0 aliphatic carbocycles. The second-order valence-electron chi connectivity index (χ2n) is 6.64. The molecule has 1 amide bonds. The zero-order chi connectivity index (χ0) is 16.6. The fraction of sp³-hybridized carbons (Fsp3) is 0.733. The molecule has 0 spiro atoms. The van der Waals surface area contributed by atoms with E-state index in [0.717, 1.165) is 24.9 Å². The second-order valence-corrected chi connectivity index (χ2v) is 8.87. The summed E-state index contributed by atoms with van der Waals surface area (Å²) in [5, 5.41) is 4.22. The quantitative estimate of drug-likeness (QED) is 0.783. The van der Waals surface area contributed by atoms with E-state index in [-0.39, 0.29) is 29.5 Å². The van der Waals surface area contributed by atoms with Crippen molar-refractivity contribution in [2.75, 3.05) is 31.6 Å². The predicted octanol–water partition coefficient (Wildman–Crippen LogP) is 0.203. The standard InChI is InChI=1S/C15H24N4O3S/c1-17-9-12(8-16-17)14-4-3-6-19(14)10-15(20)18(2)13-5-7-23(21,22)11-13/h8-9,13-14H,3-7,10-11H2,1-2H3/t13-,14-/m1/s1. The third kappa shape index (κ3) is 3.58. The molecule has 0 N–H and O–H groups in total. The summed E-state index contributed by atoms with van der Waals surface area (Å²) in [6, 6.07) is 0.0558. The van der Waals surface area contributed by atoms with E-state index in [1.807, 2.05) is 19.4 Å². The van der Waals surface area contributed by atoms with E-state index in [0.29, 0.717) is 13.0 Å². The lowest BCUT2D eigenvalue weighted by molar-refractivity contribution is -0.133. The maximum Gasteiger partial charge on any atom is 0.236 e. The molecule has 0 unspecified atom stereocenters. The van der Waals surface area contributed by atoms with Gasteiger partial charge in [-0.2, -0.15) is 5.10 Å².